The normalized spacial score (nSPS) is 20.5. The highest BCUT2D eigenvalue weighted by molar-refractivity contribution is 7.99. The fraction of sp³-hybridized carbons (Fsp3) is 0.500. The number of halogens is 1. The zero-order chi connectivity index (χ0) is 17.4. The van der Waals surface area contributed by atoms with Gasteiger partial charge in [-0.05, 0) is 18.1 Å². The highest BCUT2D eigenvalue weighted by atomic mass is 35.5. The number of amides is 2. The second-order valence-electron chi connectivity index (χ2n) is 5.44. The van der Waals surface area contributed by atoms with Gasteiger partial charge in [-0.3, -0.25) is 9.59 Å². The highest BCUT2D eigenvalue weighted by Gasteiger charge is 2.28. The van der Waals surface area contributed by atoms with Crippen molar-refractivity contribution < 1.29 is 19.1 Å². The van der Waals surface area contributed by atoms with Gasteiger partial charge in [-0.2, -0.15) is 0 Å². The Morgan fingerprint density at radius 3 is 2.96 bits per heavy atom. The van der Waals surface area contributed by atoms with E-state index in [0.717, 1.165) is 5.56 Å². The van der Waals surface area contributed by atoms with Crippen molar-refractivity contribution in [1.82, 2.24) is 5.32 Å². The van der Waals surface area contributed by atoms with E-state index in [9.17, 15) is 9.59 Å². The first-order chi connectivity index (χ1) is 11.6. The van der Waals surface area contributed by atoms with Crippen LogP contribution in [-0.2, 0) is 24.8 Å². The van der Waals surface area contributed by atoms with Crippen LogP contribution >= 0.6 is 23.4 Å². The number of nitrogens with two attached hydrogens (primary N) is 1. The summed E-state index contributed by atoms with van der Waals surface area (Å²) in [5, 5.41) is 3.60. The van der Waals surface area contributed by atoms with E-state index in [1.807, 2.05) is 24.3 Å². The zero-order valence-electron chi connectivity index (χ0n) is 13.2. The van der Waals surface area contributed by atoms with Crippen LogP contribution in [0.15, 0.2) is 24.3 Å². The first-order valence-electron chi connectivity index (χ1n) is 7.64. The smallest absolute Gasteiger partial charge is 0.243 e. The average molecular weight is 373 g/mol. The molecule has 0 spiro atoms. The predicted octanol–water partition coefficient (Wildman–Crippen LogP) is 1.35. The molecular formula is C16H21ClN2O4S. The first kappa shape index (κ1) is 19.1. The molecule has 24 heavy (non-hydrogen) atoms. The quantitative estimate of drug-likeness (QED) is 0.718. The van der Waals surface area contributed by atoms with Gasteiger partial charge >= 0.3 is 0 Å². The number of benzene rings is 1. The van der Waals surface area contributed by atoms with Crippen LogP contribution in [0.1, 0.15) is 12.0 Å². The van der Waals surface area contributed by atoms with Gasteiger partial charge in [0.15, 0.2) is 0 Å². The number of primary amides is 1. The fourth-order valence-electron chi connectivity index (χ4n) is 2.36. The molecule has 1 aliphatic heterocycles. The summed E-state index contributed by atoms with van der Waals surface area (Å²) in [5.41, 5.74) is 6.09. The molecule has 8 heteroatoms. The van der Waals surface area contributed by atoms with E-state index in [2.05, 4.69) is 5.32 Å². The van der Waals surface area contributed by atoms with Gasteiger partial charge < -0.3 is 20.5 Å². The van der Waals surface area contributed by atoms with Crippen LogP contribution in [0.25, 0.3) is 0 Å². The fourth-order valence-corrected chi connectivity index (χ4v) is 3.48. The molecule has 6 nitrogen and oxygen atoms in total. The van der Waals surface area contributed by atoms with Gasteiger partial charge in [0, 0.05) is 17.4 Å². The first-order valence-corrected chi connectivity index (χ1v) is 9.17. The van der Waals surface area contributed by atoms with E-state index in [1.54, 1.807) is 0 Å². The van der Waals surface area contributed by atoms with Gasteiger partial charge in [0.25, 0.3) is 0 Å². The molecule has 0 saturated carbocycles. The Hall–Kier alpha value is -1.28. The van der Waals surface area contributed by atoms with Gasteiger partial charge in [-0.1, -0.05) is 29.8 Å². The number of carbonyl (C=O) groups is 2. The van der Waals surface area contributed by atoms with Crippen LogP contribution in [0, 0.1) is 0 Å². The van der Waals surface area contributed by atoms with E-state index in [0.29, 0.717) is 36.2 Å². The maximum atomic E-state index is 12.1. The van der Waals surface area contributed by atoms with Crippen molar-refractivity contribution in [3.8, 4) is 0 Å². The standard InChI is InChI=1S/C16H21ClN2O4S/c17-12-4-2-1-3-11(12)9-24-10-16(21)19-13-7-22-6-5-14(13)23-8-15(18)20/h1-4,13-14H,5-10H2,(H2,18,20)(H,19,21)/t13-,14+/m1/s1. The summed E-state index contributed by atoms with van der Waals surface area (Å²) in [7, 11) is 0. The molecule has 2 atom stereocenters. The molecule has 0 aliphatic carbocycles. The Labute approximate surface area is 150 Å². The van der Waals surface area contributed by atoms with E-state index < -0.39 is 5.91 Å². The zero-order valence-corrected chi connectivity index (χ0v) is 14.8. The summed E-state index contributed by atoms with van der Waals surface area (Å²) < 4.78 is 10.8. The number of hydrogen-bond acceptors (Lipinski definition) is 5. The Morgan fingerprint density at radius 2 is 2.21 bits per heavy atom. The molecular weight excluding hydrogens is 352 g/mol. The van der Waals surface area contributed by atoms with E-state index in [4.69, 9.17) is 26.8 Å². The van der Waals surface area contributed by atoms with Crippen LogP contribution in [0.3, 0.4) is 0 Å². The third kappa shape index (κ3) is 6.32. The topological polar surface area (TPSA) is 90.7 Å². The molecule has 2 rings (SSSR count). The second-order valence-corrected chi connectivity index (χ2v) is 6.83. The van der Waals surface area contributed by atoms with Crippen molar-refractivity contribution in [3.05, 3.63) is 34.9 Å². The van der Waals surface area contributed by atoms with Gasteiger partial charge in [0.05, 0.1) is 24.5 Å². The maximum absolute atomic E-state index is 12.1. The molecule has 0 unspecified atom stereocenters. The number of hydrogen-bond donors (Lipinski definition) is 2. The maximum Gasteiger partial charge on any atom is 0.243 e. The second kappa shape index (κ2) is 9.88. The van der Waals surface area contributed by atoms with Crippen molar-refractivity contribution in [2.75, 3.05) is 25.6 Å². The SMILES string of the molecule is NC(=O)CO[C@H]1CCOC[C@H]1NC(=O)CSCc1ccccc1Cl. The molecule has 132 valence electrons. The number of carbonyl (C=O) groups excluding carboxylic acids is 2. The van der Waals surface area contributed by atoms with Crippen LogP contribution in [0.5, 0.6) is 0 Å². The van der Waals surface area contributed by atoms with Crippen molar-refractivity contribution in [3.63, 3.8) is 0 Å². The van der Waals surface area contributed by atoms with Crippen molar-refractivity contribution >= 4 is 35.2 Å². The van der Waals surface area contributed by atoms with Crippen molar-refractivity contribution in [2.45, 2.75) is 24.3 Å². The minimum atomic E-state index is -0.526. The lowest BCUT2D eigenvalue weighted by atomic mass is 10.1. The van der Waals surface area contributed by atoms with Gasteiger partial charge in [-0.25, -0.2) is 0 Å². The lowest BCUT2D eigenvalue weighted by Crippen LogP contribution is -2.51. The Bertz CT molecular complexity index is 573. The number of ether oxygens (including phenoxy) is 2. The number of thioether (sulfide) groups is 1. The molecule has 1 aliphatic rings. The van der Waals surface area contributed by atoms with E-state index in [-0.39, 0.29) is 24.7 Å². The van der Waals surface area contributed by atoms with Crippen LogP contribution in [-0.4, -0.2) is 49.5 Å². The summed E-state index contributed by atoms with van der Waals surface area (Å²) in [6, 6.07) is 7.29. The molecule has 3 N–H and O–H groups in total. The molecule has 0 radical (unpaired) electrons. The van der Waals surface area contributed by atoms with Crippen LogP contribution in [0.4, 0.5) is 0 Å². The largest absolute Gasteiger partial charge is 0.379 e. The molecule has 1 aromatic rings. The Kier molecular flexibility index (Phi) is 7.84. The van der Waals surface area contributed by atoms with Crippen LogP contribution < -0.4 is 11.1 Å². The third-order valence-electron chi connectivity index (χ3n) is 3.53. The van der Waals surface area contributed by atoms with Gasteiger partial charge in [0.1, 0.15) is 6.61 Å². The van der Waals surface area contributed by atoms with E-state index in [1.165, 1.54) is 11.8 Å². The average Bonchev–Trinajstić information content (AvgIpc) is 2.56. The Balaban J connectivity index is 1.75. The highest BCUT2D eigenvalue weighted by Crippen LogP contribution is 2.20. The third-order valence-corrected chi connectivity index (χ3v) is 4.88. The summed E-state index contributed by atoms with van der Waals surface area (Å²) >= 11 is 7.57. The molecule has 1 heterocycles. The molecule has 1 fully saturated rings. The lowest BCUT2D eigenvalue weighted by molar-refractivity contribution is -0.130. The van der Waals surface area contributed by atoms with Gasteiger partial charge in [0.2, 0.25) is 11.8 Å². The molecule has 0 bridgehead atoms. The minimum Gasteiger partial charge on any atom is -0.379 e. The minimum absolute atomic E-state index is 0.102. The number of rotatable bonds is 8. The van der Waals surface area contributed by atoms with Gasteiger partial charge in [-0.15, -0.1) is 11.8 Å². The monoisotopic (exact) mass is 372 g/mol. The number of nitrogens with one attached hydrogen (secondary N) is 1. The van der Waals surface area contributed by atoms with Crippen molar-refractivity contribution in [2.24, 2.45) is 5.73 Å². The summed E-state index contributed by atoms with van der Waals surface area (Å²) in [6.07, 6.45) is 0.356. The molecule has 2 amide bonds. The molecule has 1 aromatic carbocycles. The van der Waals surface area contributed by atoms with Crippen LogP contribution in [0.2, 0.25) is 5.02 Å². The van der Waals surface area contributed by atoms with Crippen molar-refractivity contribution in [1.29, 1.82) is 0 Å². The molecule has 1 saturated heterocycles. The Morgan fingerprint density at radius 1 is 1.42 bits per heavy atom. The van der Waals surface area contributed by atoms with E-state index >= 15 is 0 Å². The predicted molar refractivity (Wildman–Crippen MR) is 93.9 cm³/mol. The lowest BCUT2D eigenvalue weighted by Gasteiger charge is -2.31. The molecule has 0 aromatic heterocycles. The summed E-state index contributed by atoms with van der Waals surface area (Å²) in [5.74, 6) is 0.345. The summed E-state index contributed by atoms with van der Waals surface area (Å²) in [4.78, 5) is 22.9. The summed E-state index contributed by atoms with van der Waals surface area (Å²) in [6.45, 7) is 0.750.